The fraction of sp³-hybridized carbons (Fsp3) is 0.0588. The van der Waals surface area contributed by atoms with E-state index in [1.807, 2.05) is 42.5 Å². The van der Waals surface area contributed by atoms with E-state index in [4.69, 9.17) is 10.2 Å². The molecule has 0 spiro atoms. The van der Waals surface area contributed by atoms with Crippen LogP contribution >= 0.6 is 15.9 Å². The molecule has 0 radical (unpaired) electrons. The molecule has 22 heavy (non-hydrogen) atoms. The van der Waals surface area contributed by atoms with Gasteiger partial charge in [0.1, 0.15) is 4.47 Å². The van der Waals surface area contributed by atoms with Crippen LogP contribution in [0.3, 0.4) is 0 Å². The van der Waals surface area contributed by atoms with Crippen LogP contribution in [-0.4, -0.2) is 4.98 Å². The van der Waals surface area contributed by atoms with Gasteiger partial charge in [-0.05, 0) is 39.5 Å². The SMILES string of the molecule is Nc1nc(=O)c(Br)c(-c2cccc(Cc3ccccc3)c2)o1. The van der Waals surface area contributed by atoms with E-state index in [1.165, 1.54) is 5.56 Å². The number of halogens is 1. The highest BCUT2D eigenvalue weighted by Gasteiger charge is 2.12. The summed E-state index contributed by atoms with van der Waals surface area (Å²) in [6, 6.07) is 17.8. The van der Waals surface area contributed by atoms with Crippen LogP contribution in [0.4, 0.5) is 6.01 Å². The Morgan fingerprint density at radius 3 is 2.55 bits per heavy atom. The number of aromatic nitrogens is 1. The van der Waals surface area contributed by atoms with Gasteiger partial charge in [-0.3, -0.25) is 4.79 Å². The van der Waals surface area contributed by atoms with Gasteiger partial charge >= 0.3 is 0 Å². The highest BCUT2D eigenvalue weighted by molar-refractivity contribution is 9.10. The van der Waals surface area contributed by atoms with E-state index in [2.05, 4.69) is 33.0 Å². The molecule has 1 aromatic heterocycles. The molecule has 3 aromatic rings. The summed E-state index contributed by atoms with van der Waals surface area (Å²) >= 11 is 3.22. The first kappa shape index (κ1) is 14.5. The molecule has 2 aromatic carbocycles. The Hall–Kier alpha value is -2.40. The average Bonchev–Trinajstić information content (AvgIpc) is 2.52. The summed E-state index contributed by atoms with van der Waals surface area (Å²) in [4.78, 5) is 15.3. The average molecular weight is 357 g/mol. The second kappa shape index (κ2) is 6.15. The van der Waals surface area contributed by atoms with E-state index >= 15 is 0 Å². The molecule has 0 atom stereocenters. The first-order chi connectivity index (χ1) is 10.6. The lowest BCUT2D eigenvalue weighted by Gasteiger charge is -2.07. The van der Waals surface area contributed by atoms with Crippen molar-refractivity contribution in [2.45, 2.75) is 6.42 Å². The number of anilines is 1. The van der Waals surface area contributed by atoms with Crippen LogP contribution in [0, 0.1) is 0 Å². The van der Waals surface area contributed by atoms with Crippen molar-refractivity contribution < 1.29 is 4.42 Å². The van der Waals surface area contributed by atoms with E-state index < -0.39 is 5.56 Å². The normalized spacial score (nSPS) is 10.6. The summed E-state index contributed by atoms with van der Waals surface area (Å²) in [5.74, 6) is 0.396. The van der Waals surface area contributed by atoms with E-state index in [9.17, 15) is 4.79 Å². The number of nitrogens with zero attached hydrogens (tertiary/aromatic N) is 1. The summed E-state index contributed by atoms with van der Waals surface area (Å²) in [5, 5.41) is 0. The zero-order valence-electron chi connectivity index (χ0n) is 11.6. The van der Waals surface area contributed by atoms with Gasteiger partial charge in [0, 0.05) is 5.56 Å². The topological polar surface area (TPSA) is 69.1 Å². The standard InChI is InChI=1S/C17H13BrN2O2/c18-14-15(22-17(19)20-16(14)21)13-8-4-7-12(10-13)9-11-5-2-1-3-6-11/h1-8,10H,9H2,(H2,19,20,21). The maximum absolute atomic E-state index is 11.7. The van der Waals surface area contributed by atoms with Crippen molar-refractivity contribution in [2.24, 2.45) is 0 Å². The molecule has 2 N–H and O–H groups in total. The fourth-order valence-electron chi connectivity index (χ4n) is 2.26. The minimum atomic E-state index is -0.438. The molecule has 3 rings (SSSR count). The Bertz CT molecular complexity index is 860. The number of nitrogens with two attached hydrogens (primary N) is 1. The molecule has 0 saturated carbocycles. The highest BCUT2D eigenvalue weighted by atomic mass is 79.9. The third-order valence-electron chi connectivity index (χ3n) is 3.25. The third kappa shape index (κ3) is 3.09. The zero-order chi connectivity index (χ0) is 15.5. The van der Waals surface area contributed by atoms with Gasteiger partial charge in [-0.1, -0.05) is 48.5 Å². The third-order valence-corrected chi connectivity index (χ3v) is 3.95. The predicted molar refractivity (Wildman–Crippen MR) is 89.6 cm³/mol. The molecule has 4 nitrogen and oxygen atoms in total. The van der Waals surface area contributed by atoms with Crippen molar-refractivity contribution in [2.75, 3.05) is 5.73 Å². The van der Waals surface area contributed by atoms with Gasteiger partial charge in [-0.2, -0.15) is 4.98 Å². The minimum Gasteiger partial charge on any atom is -0.424 e. The van der Waals surface area contributed by atoms with E-state index in [1.54, 1.807) is 0 Å². The second-order valence-electron chi connectivity index (χ2n) is 4.86. The molecule has 0 bridgehead atoms. The number of benzene rings is 2. The van der Waals surface area contributed by atoms with Crippen LogP contribution in [0.2, 0.25) is 0 Å². The van der Waals surface area contributed by atoms with Crippen LogP contribution < -0.4 is 11.3 Å². The molecule has 0 saturated heterocycles. The lowest BCUT2D eigenvalue weighted by atomic mass is 10.0. The van der Waals surface area contributed by atoms with Gasteiger partial charge in [-0.25, -0.2) is 0 Å². The van der Waals surface area contributed by atoms with E-state index in [-0.39, 0.29) is 10.5 Å². The van der Waals surface area contributed by atoms with Gasteiger partial charge in [0.25, 0.3) is 11.6 Å². The van der Waals surface area contributed by atoms with Crippen LogP contribution in [0.1, 0.15) is 11.1 Å². The van der Waals surface area contributed by atoms with Gasteiger partial charge < -0.3 is 10.2 Å². The van der Waals surface area contributed by atoms with Crippen LogP contribution in [0.5, 0.6) is 0 Å². The molecule has 0 unspecified atom stereocenters. The second-order valence-corrected chi connectivity index (χ2v) is 5.66. The van der Waals surface area contributed by atoms with Gasteiger partial charge in [-0.15, -0.1) is 0 Å². The van der Waals surface area contributed by atoms with Crippen molar-refractivity contribution in [3.05, 3.63) is 80.6 Å². The first-order valence-corrected chi connectivity index (χ1v) is 7.52. The van der Waals surface area contributed by atoms with Crippen molar-refractivity contribution >= 4 is 21.9 Å². The fourth-order valence-corrected chi connectivity index (χ4v) is 2.66. The van der Waals surface area contributed by atoms with Gasteiger partial charge in [0.05, 0.1) is 0 Å². The Morgan fingerprint density at radius 2 is 1.77 bits per heavy atom. The Morgan fingerprint density at radius 1 is 1.05 bits per heavy atom. The Labute approximate surface area is 135 Å². The summed E-state index contributed by atoms with van der Waals surface area (Å²) < 4.78 is 5.68. The largest absolute Gasteiger partial charge is 0.424 e. The number of hydrogen-bond acceptors (Lipinski definition) is 4. The summed E-state index contributed by atoms with van der Waals surface area (Å²) in [6.07, 6.45) is 0.803. The number of hydrogen-bond donors (Lipinski definition) is 1. The van der Waals surface area contributed by atoms with Crippen LogP contribution in [-0.2, 0) is 6.42 Å². The molecule has 0 aliphatic rings. The summed E-state index contributed by atoms with van der Waals surface area (Å²) in [5.41, 5.74) is 8.21. The number of rotatable bonds is 3. The highest BCUT2D eigenvalue weighted by Crippen LogP contribution is 2.27. The molecular formula is C17H13BrN2O2. The number of nitrogen functional groups attached to an aromatic ring is 1. The van der Waals surface area contributed by atoms with Crippen LogP contribution in [0.15, 0.2) is 68.3 Å². The van der Waals surface area contributed by atoms with Gasteiger partial charge in [0.15, 0.2) is 5.76 Å². The summed E-state index contributed by atoms with van der Waals surface area (Å²) in [6.45, 7) is 0. The molecule has 5 heteroatoms. The Balaban J connectivity index is 2.00. The molecule has 0 aliphatic carbocycles. The Kier molecular flexibility index (Phi) is 4.06. The first-order valence-electron chi connectivity index (χ1n) is 6.73. The van der Waals surface area contributed by atoms with E-state index in [0.717, 1.165) is 17.5 Å². The van der Waals surface area contributed by atoms with E-state index in [0.29, 0.717) is 5.76 Å². The summed E-state index contributed by atoms with van der Waals surface area (Å²) in [7, 11) is 0. The van der Waals surface area contributed by atoms with Crippen LogP contribution in [0.25, 0.3) is 11.3 Å². The molecule has 0 fully saturated rings. The smallest absolute Gasteiger partial charge is 0.295 e. The van der Waals surface area contributed by atoms with Gasteiger partial charge in [0.2, 0.25) is 0 Å². The molecule has 0 aliphatic heterocycles. The molecule has 0 amide bonds. The van der Waals surface area contributed by atoms with Crippen molar-refractivity contribution in [3.63, 3.8) is 0 Å². The molecular weight excluding hydrogens is 344 g/mol. The monoisotopic (exact) mass is 356 g/mol. The maximum Gasteiger partial charge on any atom is 0.295 e. The maximum atomic E-state index is 11.7. The minimum absolute atomic E-state index is 0.142. The van der Waals surface area contributed by atoms with Crippen molar-refractivity contribution in [3.8, 4) is 11.3 Å². The quantitative estimate of drug-likeness (QED) is 0.777. The molecule has 1 heterocycles. The zero-order valence-corrected chi connectivity index (χ0v) is 13.2. The lowest BCUT2D eigenvalue weighted by molar-refractivity contribution is 0.560. The predicted octanol–water partition coefficient (Wildman–Crippen LogP) is 3.64. The van der Waals surface area contributed by atoms with Crippen molar-refractivity contribution in [1.82, 2.24) is 4.98 Å². The molecule has 110 valence electrons. The van der Waals surface area contributed by atoms with Crippen molar-refractivity contribution in [1.29, 1.82) is 0 Å². The lowest BCUT2D eigenvalue weighted by Crippen LogP contribution is -2.10.